The maximum absolute atomic E-state index is 13.1. The predicted octanol–water partition coefficient (Wildman–Crippen LogP) is 5.04. The van der Waals surface area contributed by atoms with E-state index in [9.17, 15) is 19.3 Å². The minimum atomic E-state index is -0.618. The van der Waals surface area contributed by atoms with E-state index >= 15 is 0 Å². The van der Waals surface area contributed by atoms with Crippen molar-refractivity contribution in [1.29, 1.82) is 0 Å². The van der Waals surface area contributed by atoms with Crippen molar-refractivity contribution in [3.8, 4) is 28.6 Å². The van der Waals surface area contributed by atoms with E-state index in [0.717, 1.165) is 5.56 Å². The van der Waals surface area contributed by atoms with Crippen molar-refractivity contribution in [1.82, 2.24) is 9.97 Å². The third-order valence-electron chi connectivity index (χ3n) is 5.26. The van der Waals surface area contributed by atoms with Crippen LogP contribution in [0.4, 0.5) is 15.9 Å². The van der Waals surface area contributed by atoms with Crippen molar-refractivity contribution in [3.63, 3.8) is 0 Å². The van der Waals surface area contributed by atoms with E-state index in [0.29, 0.717) is 17.0 Å². The number of hydrogen-bond donors (Lipinski definition) is 1. The van der Waals surface area contributed by atoms with Crippen LogP contribution in [-0.4, -0.2) is 35.0 Å². The number of hydrogen-bond acceptors (Lipinski definition) is 8. The van der Waals surface area contributed by atoms with Gasteiger partial charge in [-0.1, -0.05) is 24.3 Å². The second-order valence-electron chi connectivity index (χ2n) is 7.65. The van der Waals surface area contributed by atoms with Crippen molar-refractivity contribution in [2.24, 2.45) is 0 Å². The van der Waals surface area contributed by atoms with E-state index in [2.05, 4.69) is 15.3 Å². The molecule has 4 aromatic rings. The van der Waals surface area contributed by atoms with E-state index in [1.54, 1.807) is 19.2 Å². The smallest absolute Gasteiger partial charge is 0.310 e. The number of ether oxygens (including phenoxy) is 3. The molecular weight excluding hydrogens is 483 g/mol. The van der Waals surface area contributed by atoms with Crippen molar-refractivity contribution in [2.75, 3.05) is 19.5 Å². The molecule has 1 heterocycles. The summed E-state index contributed by atoms with van der Waals surface area (Å²) < 4.78 is 29.3. The van der Waals surface area contributed by atoms with Crippen molar-refractivity contribution >= 4 is 17.4 Å². The quantitative estimate of drug-likeness (QED) is 0.248. The Morgan fingerprint density at radius 3 is 2.54 bits per heavy atom. The van der Waals surface area contributed by atoms with Gasteiger partial charge in [-0.05, 0) is 35.9 Å². The molecule has 0 fully saturated rings. The van der Waals surface area contributed by atoms with Gasteiger partial charge < -0.3 is 19.5 Å². The maximum atomic E-state index is 13.1. The van der Waals surface area contributed by atoms with Gasteiger partial charge >= 0.3 is 5.69 Å². The van der Waals surface area contributed by atoms with Crippen LogP contribution in [0.3, 0.4) is 0 Å². The lowest BCUT2D eigenvalue weighted by atomic mass is 10.1. The van der Waals surface area contributed by atoms with Gasteiger partial charge in [-0.3, -0.25) is 14.9 Å². The lowest BCUT2D eigenvalue weighted by Gasteiger charge is -2.12. The van der Waals surface area contributed by atoms with Gasteiger partial charge in [0.15, 0.2) is 11.6 Å². The third kappa shape index (κ3) is 5.96. The zero-order valence-electron chi connectivity index (χ0n) is 19.8. The Balaban J connectivity index is 1.55. The van der Waals surface area contributed by atoms with E-state index in [1.807, 2.05) is 12.1 Å². The Bertz CT molecular complexity index is 1450. The molecule has 0 spiro atoms. The monoisotopic (exact) mass is 504 g/mol. The molecule has 11 heteroatoms. The molecule has 0 saturated heterocycles. The van der Waals surface area contributed by atoms with Gasteiger partial charge in [-0.2, -0.15) is 0 Å². The summed E-state index contributed by atoms with van der Waals surface area (Å²) in [6.07, 6.45) is 1.47. The SMILES string of the molecule is COc1cccc(-c2cnc(NC(=O)c3ccc([N+](=O)[O-])c(OCc4ccc(F)cc4)c3)c(OC)n2)c1. The molecule has 0 aliphatic heterocycles. The molecule has 0 aliphatic carbocycles. The molecule has 0 unspecified atom stereocenters. The number of aromatic nitrogens is 2. The fraction of sp³-hybridized carbons (Fsp3) is 0.115. The number of nitro groups is 1. The molecule has 188 valence electrons. The Hall–Kier alpha value is -5.06. The van der Waals surface area contributed by atoms with Crippen LogP contribution in [0.2, 0.25) is 0 Å². The van der Waals surface area contributed by atoms with Crippen LogP contribution >= 0.6 is 0 Å². The number of carbonyl (C=O) groups excluding carboxylic acids is 1. The topological polar surface area (TPSA) is 126 Å². The number of nitrogens with one attached hydrogen (secondary N) is 1. The highest BCUT2D eigenvalue weighted by Crippen LogP contribution is 2.30. The standard InChI is InChI=1S/C26H21FN4O6/c1-35-20-5-3-4-17(12-20)21-14-28-24(26(29-21)36-2)30-25(32)18-8-11-22(31(33)34)23(13-18)37-15-16-6-9-19(27)10-7-16/h3-14H,15H2,1-2H3,(H,28,30,32). The van der Waals surface area contributed by atoms with Gasteiger partial charge in [-0.15, -0.1) is 0 Å². The Labute approximate surface area is 210 Å². The number of benzene rings is 3. The fourth-order valence-corrected chi connectivity index (χ4v) is 3.36. The fourth-order valence-electron chi connectivity index (χ4n) is 3.36. The number of nitrogens with zero attached hydrogens (tertiary/aromatic N) is 3. The highest BCUT2D eigenvalue weighted by molar-refractivity contribution is 6.04. The van der Waals surface area contributed by atoms with Gasteiger partial charge in [0.1, 0.15) is 18.2 Å². The van der Waals surface area contributed by atoms with E-state index in [-0.39, 0.29) is 35.3 Å². The number of carbonyl (C=O) groups is 1. The highest BCUT2D eigenvalue weighted by Gasteiger charge is 2.20. The molecule has 0 bridgehead atoms. The second kappa shape index (κ2) is 11.1. The summed E-state index contributed by atoms with van der Waals surface area (Å²) in [5.74, 6) is -0.360. The van der Waals surface area contributed by atoms with E-state index < -0.39 is 16.6 Å². The summed E-state index contributed by atoms with van der Waals surface area (Å²) in [5, 5.41) is 14.1. The molecule has 0 atom stereocenters. The van der Waals surface area contributed by atoms with Crippen LogP contribution in [0.1, 0.15) is 15.9 Å². The van der Waals surface area contributed by atoms with Crippen LogP contribution in [0.5, 0.6) is 17.4 Å². The lowest BCUT2D eigenvalue weighted by Crippen LogP contribution is -2.15. The maximum Gasteiger partial charge on any atom is 0.310 e. The summed E-state index contributed by atoms with van der Waals surface area (Å²) in [5.41, 5.74) is 1.60. The van der Waals surface area contributed by atoms with Crippen LogP contribution in [0, 0.1) is 15.9 Å². The summed E-state index contributed by atoms with van der Waals surface area (Å²) in [6.45, 7) is -0.0583. The average Bonchev–Trinajstić information content (AvgIpc) is 2.92. The summed E-state index contributed by atoms with van der Waals surface area (Å²) in [6, 6.07) is 16.4. The molecule has 1 amide bonds. The number of anilines is 1. The van der Waals surface area contributed by atoms with Crippen LogP contribution in [-0.2, 0) is 6.61 Å². The van der Waals surface area contributed by atoms with Crippen LogP contribution < -0.4 is 19.5 Å². The van der Waals surface area contributed by atoms with Crippen molar-refractivity contribution in [2.45, 2.75) is 6.61 Å². The first-order valence-electron chi connectivity index (χ1n) is 10.9. The average molecular weight is 504 g/mol. The van der Waals surface area contributed by atoms with Crippen molar-refractivity contribution < 1.29 is 28.3 Å². The van der Waals surface area contributed by atoms with Gasteiger partial charge in [-0.25, -0.2) is 14.4 Å². The summed E-state index contributed by atoms with van der Waals surface area (Å²) in [7, 11) is 2.95. The summed E-state index contributed by atoms with van der Waals surface area (Å²) in [4.78, 5) is 32.5. The van der Waals surface area contributed by atoms with Gasteiger partial charge in [0.25, 0.3) is 11.8 Å². The van der Waals surface area contributed by atoms with E-state index in [1.165, 1.54) is 55.8 Å². The minimum Gasteiger partial charge on any atom is -0.497 e. The molecule has 0 aliphatic rings. The highest BCUT2D eigenvalue weighted by atomic mass is 19.1. The number of halogens is 1. The Kier molecular flexibility index (Phi) is 7.53. The predicted molar refractivity (Wildman–Crippen MR) is 132 cm³/mol. The lowest BCUT2D eigenvalue weighted by molar-refractivity contribution is -0.385. The number of methoxy groups -OCH3 is 2. The summed E-state index contributed by atoms with van der Waals surface area (Å²) >= 11 is 0. The third-order valence-corrected chi connectivity index (χ3v) is 5.26. The van der Waals surface area contributed by atoms with Gasteiger partial charge in [0.2, 0.25) is 0 Å². The first-order chi connectivity index (χ1) is 17.9. The molecule has 10 nitrogen and oxygen atoms in total. The number of amides is 1. The first-order valence-corrected chi connectivity index (χ1v) is 10.9. The van der Waals surface area contributed by atoms with Gasteiger partial charge in [0, 0.05) is 23.3 Å². The zero-order chi connectivity index (χ0) is 26.4. The molecule has 0 radical (unpaired) electrons. The van der Waals surface area contributed by atoms with Gasteiger partial charge in [0.05, 0.1) is 31.0 Å². The molecule has 1 N–H and O–H groups in total. The molecule has 37 heavy (non-hydrogen) atoms. The molecule has 3 aromatic carbocycles. The minimum absolute atomic E-state index is 0.0583. The largest absolute Gasteiger partial charge is 0.497 e. The normalized spacial score (nSPS) is 10.5. The van der Waals surface area contributed by atoms with E-state index in [4.69, 9.17) is 14.2 Å². The molecule has 1 aromatic heterocycles. The Morgan fingerprint density at radius 1 is 1.05 bits per heavy atom. The second-order valence-corrected chi connectivity index (χ2v) is 7.65. The Morgan fingerprint density at radius 2 is 1.84 bits per heavy atom. The van der Waals surface area contributed by atoms with Crippen LogP contribution in [0.25, 0.3) is 11.3 Å². The molecular formula is C26H21FN4O6. The first kappa shape index (κ1) is 25.0. The van der Waals surface area contributed by atoms with Crippen molar-refractivity contribution in [3.05, 3.63) is 100.0 Å². The molecule has 4 rings (SSSR count). The zero-order valence-corrected chi connectivity index (χ0v) is 19.8. The number of nitro benzene ring substituents is 1. The van der Waals surface area contributed by atoms with Crippen LogP contribution in [0.15, 0.2) is 72.9 Å². The number of rotatable bonds is 9. The molecule has 0 saturated carbocycles.